The lowest BCUT2D eigenvalue weighted by molar-refractivity contribution is -0.116. The number of carbonyl (C=O) groups excluding carboxylic acids is 2. The van der Waals surface area contributed by atoms with Gasteiger partial charge < -0.3 is 4.79 Å². The molecule has 0 saturated heterocycles. The summed E-state index contributed by atoms with van der Waals surface area (Å²) in [7, 11) is 0. The molecular formula is C17H15FO2. The summed E-state index contributed by atoms with van der Waals surface area (Å²) < 4.78 is 13.0. The van der Waals surface area contributed by atoms with Crippen LogP contribution < -0.4 is 0 Å². The van der Waals surface area contributed by atoms with Gasteiger partial charge in [0.05, 0.1) is 0 Å². The monoisotopic (exact) mass is 270 g/mol. The van der Waals surface area contributed by atoms with Crippen LogP contribution in [0.2, 0.25) is 0 Å². The van der Waals surface area contributed by atoms with Crippen LogP contribution in [0.1, 0.15) is 30.1 Å². The van der Waals surface area contributed by atoms with Crippen molar-refractivity contribution >= 4 is 11.6 Å². The molecule has 0 radical (unpaired) electrons. The van der Waals surface area contributed by atoms with E-state index in [1.165, 1.54) is 19.1 Å². The van der Waals surface area contributed by atoms with Crippen molar-refractivity contribution in [1.82, 2.24) is 0 Å². The molecule has 0 spiro atoms. The van der Waals surface area contributed by atoms with Gasteiger partial charge in [0.15, 0.2) is 5.78 Å². The van der Waals surface area contributed by atoms with E-state index in [-0.39, 0.29) is 30.2 Å². The molecule has 2 aromatic carbocycles. The quantitative estimate of drug-likeness (QED) is 0.768. The molecule has 0 unspecified atom stereocenters. The van der Waals surface area contributed by atoms with Crippen LogP contribution in [0.4, 0.5) is 4.39 Å². The second-order valence-corrected chi connectivity index (χ2v) is 4.68. The number of hydrogen-bond donors (Lipinski definition) is 0. The third kappa shape index (κ3) is 3.38. The Balaban J connectivity index is 2.33. The molecule has 0 saturated carbocycles. The maximum atomic E-state index is 13.0. The number of rotatable bonds is 5. The number of carbonyl (C=O) groups is 2. The Morgan fingerprint density at radius 1 is 0.950 bits per heavy atom. The van der Waals surface area contributed by atoms with E-state index in [9.17, 15) is 14.0 Å². The first-order valence-corrected chi connectivity index (χ1v) is 6.45. The lowest BCUT2D eigenvalue weighted by atomic mass is 9.95. The molecule has 2 rings (SSSR count). The van der Waals surface area contributed by atoms with Gasteiger partial charge in [-0.05, 0) is 30.2 Å². The van der Waals surface area contributed by atoms with Crippen LogP contribution in [-0.2, 0) is 4.79 Å². The van der Waals surface area contributed by atoms with E-state index < -0.39 is 0 Å². The zero-order valence-electron chi connectivity index (χ0n) is 11.2. The van der Waals surface area contributed by atoms with Gasteiger partial charge in [0.25, 0.3) is 0 Å². The summed E-state index contributed by atoms with van der Waals surface area (Å²) in [4.78, 5) is 23.2. The molecule has 20 heavy (non-hydrogen) atoms. The second kappa shape index (κ2) is 6.24. The van der Waals surface area contributed by atoms with Crippen molar-refractivity contribution in [1.29, 1.82) is 0 Å². The van der Waals surface area contributed by atoms with E-state index in [1.54, 1.807) is 24.3 Å². The van der Waals surface area contributed by atoms with E-state index in [0.29, 0.717) is 5.56 Å². The smallest absolute Gasteiger partial charge is 0.163 e. The molecule has 2 aromatic rings. The van der Waals surface area contributed by atoms with Gasteiger partial charge in [-0.1, -0.05) is 36.4 Å². The average Bonchev–Trinajstić information content (AvgIpc) is 2.45. The topological polar surface area (TPSA) is 34.1 Å². The van der Waals surface area contributed by atoms with Crippen molar-refractivity contribution in [2.45, 2.75) is 19.8 Å². The maximum Gasteiger partial charge on any atom is 0.163 e. The molecule has 3 heteroatoms. The van der Waals surface area contributed by atoms with Crippen LogP contribution in [0.3, 0.4) is 0 Å². The van der Waals surface area contributed by atoms with Crippen LogP contribution in [0, 0.1) is 5.82 Å². The van der Waals surface area contributed by atoms with E-state index in [4.69, 9.17) is 0 Å². The summed E-state index contributed by atoms with van der Waals surface area (Å²) in [6.07, 6.45) is 0.449. The summed E-state index contributed by atoms with van der Waals surface area (Å²) in [6.45, 7) is 1.47. The van der Waals surface area contributed by atoms with Gasteiger partial charge in [0, 0.05) is 18.4 Å². The van der Waals surface area contributed by atoms with Gasteiger partial charge in [-0.3, -0.25) is 4.79 Å². The largest absolute Gasteiger partial charge is 0.300 e. The maximum absolute atomic E-state index is 13.0. The van der Waals surface area contributed by atoms with Crippen LogP contribution in [-0.4, -0.2) is 11.6 Å². The SMILES string of the molecule is CC(=O)CCC(=O)c1ccccc1-c1ccc(F)cc1. The molecular weight excluding hydrogens is 255 g/mol. The fourth-order valence-corrected chi connectivity index (χ4v) is 2.03. The fourth-order valence-electron chi connectivity index (χ4n) is 2.03. The Morgan fingerprint density at radius 2 is 1.60 bits per heavy atom. The highest BCUT2D eigenvalue weighted by atomic mass is 19.1. The van der Waals surface area contributed by atoms with Crippen molar-refractivity contribution in [2.75, 3.05) is 0 Å². The van der Waals surface area contributed by atoms with Gasteiger partial charge in [-0.15, -0.1) is 0 Å². The number of halogens is 1. The molecule has 0 aromatic heterocycles. The Hall–Kier alpha value is -2.29. The third-order valence-electron chi connectivity index (χ3n) is 3.09. The minimum absolute atomic E-state index is 0.00221. The summed E-state index contributed by atoms with van der Waals surface area (Å²) >= 11 is 0. The molecule has 102 valence electrons. The van der Waals surface area contributed by atoms with Crippen molar-refractivity contribution in [3.8, 4) is 11.1 Å². The van der Waals surface area contributed by atoms with Gasteiger partial charge in [-0.2, -0.15) is 0 Å². The Bertz CT molecular complexity index is 630. The zero-order valence-corrected chi connectivity index (χ0v) is 11.2. The Labute approximate surface area is 117 Å². The van der Waals surface area contributed by atoms with Crippen LogP contribution >= 0.6 is 0 Å². The summed E-state index contributed by atoms with van der Waals surface area (Å²) in [5.41, 5.74) is 2.12. The molecule has 0 aliphatic rings. The average molecular weight is 270 g/mol. The highest BCUT2D eigenvalue weighted by Gasteiger charge is 2.12. The number of Topliss-reactive ketones (excluding diaryl/α,β-unsaturated/α-hetero) is 2. The Morgan fingerprint density at radius 3 is 2.25 bits per heavy atom. The second-order valence-electron chi connectivity index (χ2n) is 4.68. The summed E-state index contributed by atoms with van der Waals surface area (Å²) in [5.74, 6) is -0.383. The van der Waals surface area contributed by atoms with Crippen LogP contribution in [0.5, 0.6) is 0 Å². The number of ketones is 2. The van der Waals surface area contributed by atoms with Crippen molar-refractivity contribution < 1.29 is 14.0 Å². The summed E-state index contributed by atoms with van der Waals surface area (Å²) in [5, 5.41) is 0. The van der Waals surface area contributed by atoms with Crippen LogP contribution in [0.25, 0.3) is 11.1 Å². The van der Waals surface area contributed by atoms with Gasteiger partial charge in [0.2, 0.25) is 0 Å². The lowest BCUT2D eigenvalue weighted by Gasteiger charge is -2.08. The van der Waals surface area contributed by atoms with E-state index >= 15 is 0 Å². The minimum Gasteiger partial charge on any atom is -0.300 e. The fraction of sp³-hybridized carbons (Fsp3) is 0.176. The predicted molar refractivity (Wildman–Crippen MR) is 76.1 cm³/mol. The molecule has 0 bridgehead atoms. The minimum atomic E-state index is -0.311. The van der Waals surface area contributed by atoms with Crippen molar-refractivity contribution in [3.05, 3.63) is 59.9 Å². The van der Waals surface area contributed by atoms with Gasteiger partial charge >= 0.3 is 0 Å². The zero-order chi connectivity index (χ0) is 14.5. The van der Waals surface area contributed by atoms with Crippen molar-refractivity contribution in [3.63, 3.8) is 0 Å². The normalized spacial score (nSPS) is 10.3. The highest BCUT2D eigenvalue weighted by molar-refractivity contribution is 6.03. The van der Waals surface area contributed by atoms with E-state index in [0.717, 1.165) is 11.1 Å². The number of hydrogen-bond acceptors (Lipinski definition) is 2. The molecule has 0 N–H and O–H groups in total. The van der Waals surface area contributed by atoms with Crippen molar-refractivity contribution in [2.24, 2.45) is 0 Å². The first kappa shape index (κ1) is 14.1. The first-order chi connectivity index (χ1) is 9.58. The van der Waals surface area contributed by atoms with Gasteiger partial charge in [-0.25, -0.2) is 4.39 Å². The first-order valence-electron chi connectivity index (χ1n) is 6.45. The van der Waals surface area contributed by atoms with Crippen LogP contribution in [0.15, 0.2) is 48.5 Å². The summed E-state index contributed by atoms with van der Waals surface area (Å²) in [6, 6.07) is 13.2. The van der Waals surface area contributed by atoms with Gasteiger partial charge in [0.1, 0.15) is 11.6 Å². The van der Waals surface area contributed by atoms with E-state index in [1.807, 2.05) is 12.1 Å². The predicted octanol–water partition coefficient (Wildman–Crippen LogP) is 4.04. The standard InChI is InChI=1S/C17H15FO2/c1-12(19)6-11-17(20)16-5-3-2-4-15(16)13-7-9-14(18)10-8-13/h2-5,7-10H,6,11H2,1H3. The lowest BCUT2D eigenvalue weighted by Crippen LogP contribution is -2.04. The Kier molecular flexibility index (Phi) is 4.41. The molecule has 2 nitrogen and oxygen atoms in total. The number of benzene rings is 2. The third-order valence-corrected chi connectivity index (χ3v) is 3.09. The molecule has 0 fully saturated rings. The molecule has 0 atom stereocenters. The molecule has 0 amide bonds. The molecule has 0 aliphatic heterocycles. The molecule has 0 aliphatic carbocycles. The van der Waals surface area contributed by atoms with E-state index in [2.05, 4.69) is 0 Å². The molecule has 0 heterocycles. The highest BCUT2D eigenvalue weighted by Crippen LogP contribution is 2.25.